The van der Waals surface area contributed by atoms with Crippen LogP contribution in [0.3, 0.4) is 0 Å². The highest BCUT2D eigenvalue weighted by atomic mass is 32.2. The molecule has 6 heteroatoms. The number of carbonyl (C=O) groups is 1. The molecule has 1 aliphatic heterocycles. The van der Waals surface area contributed by atoms with Crippen molar-refractivity contribution in [3.8, 4) is 0 Å². The Morgan fingerprint density at radius 1 is 1.26 bits per heavy atom. The standard InChI is InChI=1S/C13H17NO4S/c1-3-11-12(8-15)14(13(11)16)19(17,18)10-6-4-9(2)5-7-10/h4-7,11-12,15H,3,8H2,1-2H3/t11-,12+/m0/s1. The molecule has 0 bridgehead atoms. The van der Waals surface area contributed by atoms with Gasteiger partial charge in [0.1, 0.15) is 0 Å². The molecule has 0 radical (unpaired) electrons. The number of aliphatic hydroxyl groups excluding tert-OH is 1. The predicted molar refractivity (Wildman–Crippen MR) is 69.9 cm³/mol. The number of hydrogen-bond donors (Lipinski definition) is 1. The molecule has 1 saturated heterocycles. The average Bonchev–Trinajstić information content (AvgIpc) is 2.36. The summed E-state index contributed by atoms with van der Waals surface area (Å²) < 4.78 is 25.5. The quantitative estimate of drug-likeness (QED) is 0.834. The van der Waals surface area contributed by atoms with Gasteiger partial charge in [-0.3, -0.25) is 4.79 Å². The molecule has 2 atom stereocenters. The van der Waals surface area contributed by atoms with Gasteiger partial charge in [-0.05, 0) is 25.5 Å². The fourth-order valence-electron chi connectivity index (χ4n) is 2.34. The van der Waals surface area contributed by atoms with Gasteiger partial charge in [0.15, 0.2) is 0 Å². The van der Waals surface area contributed by atoms with Gasteiger partial charge in [0.2, 0.25) is 5.91 Å². The first kappa shape index (κ1) is 14.0. The van der Waals surface area contributed by atoms with E-state index in [4.69, 9.17) is 0 Å². The van der Waals surface area contributed by atoms with Crippen LogP contribution in [0.5, 0.6) is 0 Å². The van der Waals surface area contributed by atoms with Gasteiger partial charge in [0.25, 0.3) is 10.0 Å². The van der Waals surface area contributed by atoms with Crippen LogP contribution in [-0.4, -0.2) is 36.4 Å². The third-order valence-corrected chi connectivity index (χ3v) is 5.34. The lowest BCUT2D eigenvalue weighted by Gasteiger charge is -2.44. The normalized spacial score (nSPS) is 23.3. The van der Waals surface area contributed by atoms with E-state index in [2.05, 4.69) is 0 Å². The molecule has 19 heavy (non-hydrogen) atoms. The van der Waals surface area contributed by atoms with Crippen LogP contribution in [0.15, 0.2) is 29.2 Å². The van der Waals surface area contributed by atoms with Crippen LogP contribution in [0.4, 0.5) is 0 Å². The maximum absolute atomic E-state index is 12.4. The Kier molecular flexibility index (Phi) is 3.64. The zero-order chi connectivity index (χ0) is 14.2. The van der Waals surface area contributed by atoms with E-state index < -0.39 is 27.9 Å². The van der Waals surface area contributed by atoms with Crippen molar-refractivity contribution in [3.05, 3.63) is 29.8 Å². The van der Waals surface area contributed by atoms with E-state index in [9.17, 15) is 18.3 Å². The Hall–Kier alpha value is -1.40. The predicted octanol–water partition coefficient (Wildman–Crippen LogP) is 0.913. The molecular weight excluding hydrogens is 266 g/mol. The SMILES string of the molecule is CC[C@@H]1C(=O)N(S(=O)(=O)c2ccc(C)cc2)[C@@H]1CO. The number of rotatable bonds is 4. The van der Waals surface area contributed by atoms with Crippen LogP contribution in [0, 0.1) is 12.8 Å². The fourth-order valence-corrected chi connectivity index (χ4v) is 3.99. The number of benzene rings is 1. The van der Waals surface area contributed by atoms with Gasteiger partial charge in [-0.15, -0.1) is 0 Å². The maximum Gasteiger partial charge on any atom is 0.266 e. The first-order valence-electron chi connectivity index (χ1n) is 6.19. The number of carbonyl (C=O) groups excluding carboxylic acids is 1. The largest absolute Gasteiger partial charge is 0.394 e. The van der Waals surface area contributed by atoms with E-state index in [1.165, 1.54) is 12.1 Å². The molecule has 1 aromatic rings. The number of nitrogens with zero attached hydrogens (tertiary/aromatic N) is 1. The van der Waals surface area contributed by atoms with Gasteiger partial charge in [0.05, 0.1) is 23.5 Å². The third-order valence-electron chi connectivity index (χ3n) is 3.50. The number of sulfonamides is 1. The minimum atomic E-state index is -3.85. The fraction of sp³-hybridized carbons (Fsp3) is 0.462. The van der Waals surface area contributed by atoms with Crippen molar-refractivity contribution >= 4 is 15.9 Å². The molecule has 1 fully saturated rings. The van der Waals surface area contributed by atoms with Gasteiger partial charge in [-0.25, -0.2) is 12.7 Å². The summed E-state index contributed by atoms with van der Waals surface area (Å²) in [6.45, 7) is 3.32. The summed E-state index contributed by atoms with van der Waals surface area (Å²) in [5.74, 6) is -0.827. The highest BCUT2D eigenvalue weighted by Crippen LogP contribution is 2.34. The summed E-state index contributed by atoms with van der Waals surface area (Å²) in [5.41, 5.74) is 0.944. The molecule has 1 amide bonds. The molecule has 0 saturated carbocycles. The molecule has 5 nitrogen and oxygen atoms in total. The first-order chi connectivity index (χ1) is 8.93. The van der Waals surface area contributed by atoms with Gasteiger partial charge < -0.3 is 5.11 Å². The lowest BCUT2D eigenvalue weighted by molar-refractivity contribution is -0.148. The van der Waals surface area contributed by atoms with Gasteiger partial charge in [0, 0.05) is 0 Å². The Morgan fingerprint density at radius 2 is 1.84 bits per heavy atom. The molecule has 0 aromatic heterocycles. The smallest absolute Gasteiger partial charge is 0.266 e. The van der Waals surface area contributed by atoms with E-state index in [0.29, 0.717) is 6.42 Å². The number of amides is 1. The highest BCUT2D eigenvalue weighted by Gasteiger charge is 2.52. The number of aliphatic hydroxyl groups is 1. The van der Waals surface area contributed by atoms with Crippen molar-refractivity contribution in [1.29, 1.82) is 0 Å². The van der Waals surface area contributed by atoms with Crippen molar-refractivity contribution in [2.45, 2.75) is 31.2 Å². The van der Waals surface area contributed by atoms with E-state index in [0.717, 1.165) is 9.87 Å². The number of β-lactam (4-membered cyclic amide) rings is 1. The average molecular weight is 283 g/mol. The molecule has 104 valence electrons. The molecule has 0 spiro atoms. The van der Waals surface area contributed by atoms with Crippen LogP contribution >= 0.6 is 0 Å². The van der Waals surface area contributed by atoms with Crippen LogP contribution in [-0.2, 0) is 14.8 Å². The highest BCUT2D eigenvalue weighted by molar-refractivity contribution is 7.89. The van der Waals surface area contributed by atoms with Crippen LogP contribution in [0.2, 0.25) is 0 Å². The molecule has 0 aliphatic carbocycles. The molecule has 0 unspecified atom stereocenters. The second kappa shape index (κ2) is 4.94. The van der Waals surface area contributed by atoms with E-state index in [-0.39, 0.29) is 11.5 Å². The van der Waals surface area contributed by atoms with Crippen LogP contribution in [0.1, 0.15) is 18.9 Å². The second-order valence-electron chi connectivity index (χ2n) is 4.72. The van der Waals surface area contributed by atoms with Crippen LogP contribution in [0.25, 0.3) is 0 Å². The van der Waals surface area contributed by atoms with E-state index >= 15 is 0 Å². The summed E-state index contributed by atoms with van der Waals surface area (Å²) >= 11 is 0. The molecule has 1 heterocycles. The zero-order valence-corrected chi connectivity index (χ0v) is 11.7. The van der Waals surface area contributed by atoms with E-state index in [1.54, 1.807) is 19.1 Å². The zero-order valence-electron chi connectivity index (χ0n) is 10.9. The summed E-state index contributed by atoms with van der Waals surface area (Å²) in [7, 11) is -3.85. The summed E-state index contributed by atoms with van der Waals surface area (Å²) in [6.07, 6.45) is 0.532. The lowest BCUT2D eigenvalue weighted by atomic mass is 9.89. The third kappa shape index (κ3) is 2.15. The first-order valence-corrected chi connectivity index (χ1v) is 7.63. The van der Waals surface area contributed by atoms with Crippen LogP contribution < -0.4 is 0 Å². The molecule has 1 aliphatic rings. The molecular formula is C13H17NO4S. The number of aryl methyl sites for hydroxylation is 1. The lowest BCUT2D eigenvalue weighted by Crippen LogP contribution is -2.64. The second-order valence-corrected chi connectivity index (χ2v) is 6.53. The van der Waals surface area contributed by atoms with Crippen molar-refractivity contribution in [2.24, 2.45) is 5.92 Å². The molecule has 2 rings (SSSR count). The molecule has 1 N–H and O–H groups in total. The Balaban J connectivity index is 2.35. The van der Waals surface area contributed by atoms with Gasteiger partial charge in [-0.2, -0.15) is 0 Å². The van der Waals surface area contributed by atoms with Crippen molar-refractivity contribution in [3.63, 3.8) is 0 Å². The van der Waals surface area contributed by atoms with Crippen molar-refractivity contribution in [1.82, 2.24) is 4.31 Å². The van der Waals surface area contributed by atoms with Gasteiger partial charge in [-0.1, -0.05) is 24.6 Å². The maximum atomic E-state index is 12.4. The Labute approximate surface area is 112 Å². The monoisotopic (exact) mass is 283 g/mol. The Morgan fingerprint density at radius 3 is 2.32 bits per heavy atom. The number of hydrogen-bond acceptors (Lipinski definition) is 4. The molecule has 1 aromatic carbocycles. The minimum absolute atomic E-state index is 0.0828. The summed E-state index contributed by atoms with van der Waals surface area (Å²) in [5, 5.41) is 9.27. The summed E-state index contributed by atoms with van der Waals surface area (Å²) in [4.78, 5) is 12.0. The minimum Gasteiger partial charge on any atom is -0.394 e. The topological polar surface area (TPSA) is 74.7 Å². The van der Waals surface area contributed by atoms with Crippen molar-refractivity contribution in [2.75, 3.05) is 6.61 Å². The van der Waals surface area contributed by atoms with Gasteiger partial charge >= 0.3 is 0 Å². The Bertz CT molecular complexity index is 579. The summed E-state index contributed by atoms with van der Waals surface area (Å²) in [6, 6.07) is 5.69. The van der Waals surface area contributed by atoms with E-state index in [1.807, 2.05) is 6.92 Å². The van der Waals surface area contributed by atoms with Crippen molar-refractivity contribution < 1.29 is 18.3 Å².